The number of hydrogen-bond acceptors (Lipinski definition) is 5. The first-order chi connectivity index (χ1) is 13.3. The number of nitrogens with one attached hydrogen (secondary N) is 1. The van der Waals surface area contributed by atoms with Crippen LogP contribution >= 0.6 is 27.5 Å². The van der Waals surface area contributed by atoms with E-state index in [4.69, 9.17) is 17.3 Å². The van der Waals surface area contributed by atoms with Crippen LogP contribution in [0.3, 0.4) is 0 Å². The maximum Gasteiger partial charge on any atom is 0.573 e. The standard InChI is InChI=1S/C17H15BrClF3N2O4S/c1-2-29(26,27)15-4-3-10(19)5-9(15)8-24-16(25)11-6-14(28-17(20,21)22)12(18)7-13(11)23/h3-7H,2,8,23H2,1H3,(H,24,25). The number of rotatable bonds is 6. The lowest BCUT2D eigenvalue weighted by Gasteiger charge is -2.15. The summed E-state index contributed by atoms with van der Waals surface area (Å²) in [6.45, 7) is 1.23. The van der Waals surface area contributed by atoms with Crippen molar-refractivity contribution < 1.29 is 31.1 Å². The number of carbonyl (C=O) groups is 1. The molecule has 0 aliphatic heterocycles. The van der Waals surface area contributed by atoms with Gasteiger partial charge < -0.3 is 15.8 Å². The maximum atomic E-state index is 12.5. The zero-order valence-corrected chi connectivity index (χ0v) is 18.0. The first-order valence-electron chi connectivity index (χ1n) is 7.98. The summed E-state index contributed by atoms with van der Waals surface area (Å²) in [6, 6.07) is 6.05. The number of nitrogen functional groups attached to an aromatic ring is 1. The molecule has 0 saturated heterocycles. The molecule has 0 aliphatic rings. The Kier molecular flexibility index (Phi) is 7.07. The van der Waals surface area contributed by atoms with Crippen LogP contribution < -0.4 is 15.8 Å². The van der Waals surface area contributed by atoms with Crippen molar-refractivity contribution >= 4 is 49.0 Å². The van der Waals surface area contributed by atoms with Crippen molar-refractivity contribution in [2.75, 3.05) is 11.5 Å². The van der Waals surface area contributed by atoms with Gasteiger partial charge in [-0.3, -0.25) is 4.79 Å². The largest absolute Gasteiger partial charge is 0.573 e. The third kappa shape index (κ3) is 6.00. The average molecular weight is 516 g/mol. The summed E-state index contributed by atoms with van der Waals surface area (Å²) < 4.78 is 65.7. The molecule has 0 radical (unpaired) electrons. The molecule has 0 bridgehead atoms. The summed E-state index contributed by atoms with van der Waals surface area (Å²) in [5.41, 5.74) is 5.59. The lowest BCUT2D eigenvalue weighted by atomic mass is 10.1. The highest BCUT2D eigenvalue weighted by atomic mass is 79.9. The van der Waals surface area contributed by atoms with Gasteiger partial charge in [-0.2, -0.15) is 0 Å². The van der Waals surface area contributed by atoms with E-state index in [0.717, 1.165) is 12.1 Å². The number of hydrogen-bond donors (Lipinski definition) is 2. The van der Waals surface area contributed by atoms with Crippen LogP contribution in [0.15, 0.2) is 39.7 Å². The van der Waals surface area contributed by atoms with E-state index in [9.17, 15) is 26.4 Å². The third-order valence-corrected chi connectivity index (χ3v) is 6.43. The van der Waals surface area contributed by atoms with Crippen LogP contribution in [-0.2, 0) is 16.4 Å². The Morgan fingerprint density at radius 1 is 1.28 bits per heavy atom. The molecule has 0 atom stereocenters. The summed E-state index contributed by atoms with van der Waals surface area (Å²) in [5, 5.41) is 2.69. The zero-order valence-electron chi connectivity index (χ0n) is 14.8. The Balaban J connectivity index is 2.31. The van der Waals surface area contributed by atoms with E-state index in [-0.39, 0.29) is 43.5 Å². The molecule has 0 saturated carbocycles. The molecule has 0 aliphatic carbocycles. The summed E-state index contributed by atoms with van der Waals surface area (Å²) in [5.74, 6) is -1.62. The Hall–Kier alpha value is -1.98. The van der Waals surface area contributed by atoms with Gasteiger partial charge in [-0.15, -0.1) is 13.2 Å². The van der Waals surface area contributed by atoms with Crippen LogP contribution in [0.1, 0.15) is 22.8 Å². The minimum absolute atomic E-state index is 0.00503. The minimum atomic E-state index is -4.96. The number of benzene rings is 2. The van der Waals surface area contributed by atoms with Crippen LogP contribution in [0.5, 0.6) is 5.75 Å². The monoisotopic (exact) mass is 514 g/mol. The fourth-order valence-corrected chi connectivity index (χ4v) is 4.14. The van der Waals surface area contributed by atoms with E-state index in [2.05, 4.69) is 26.0 Å². The minimum Gasteiger partial charge on any atom is -0.405 e. The number of carbonyl (C=O) groups excluding carboxylic acids is 1. The van der Waals surface area contributed by atoms with Crippen LogP contribution in [0, 0.1) is 0 Å². The predicted octanol–water partition coefficient (Wildman–Crippen LogP) is 4.31. The molecule has 158 valence electrons. The molecule has 2 aromatic rings. The van der Waals surface area contributed by atoms with Crippen molar-refractivity contribution in [2.24, 2.45) is 0 Å². The van der Waals surface area contributed by atoms with E-state index in [1.165, 1.54) is 25.1 Å². The van der Waals surface area contributed by atoms with E-state index in [1.807, 2.05) is 0 Å². The van der Waals surface area contributed by atoms with Gasteiger partial charge in [-0.1, -0.05) is 18.5 Å². The molecular formula is C17H15BrClF3N2O4S. The van der Waals surface area contributed by atoms with E-state index < -0.39 is 27.9 Å². The van der Waals surface area contributed by atoms with Crippen molar-refractivity contribution in [2.45, 2.75) is 24.7 Å². The highest BCUT2D eigenvalue weighted by Gasteiger charge is 2.32. The lowest BCUT2D eigenvalue weighted by molar-refractivity contribution is -0.274. The van der Waals surface area contributed by atoms with E-state index in [1.54, 1.807) is 0 Å². The topological polar surface area (TPSA) is 98.5 Å². The molecule has 2 rings (SSSR count). The Morgan fingerprint density at radius 2 is 1.93 bits per heavy atom. The first kappa shape index (κ1) is 23.3. The molecule has 0 unspecified atom stereocenters. The molecule has 2 aromatic carbocycles. The first-order valence-corrected chi connectivity index (χ1v) is 10.8. The van der Waals surface area contributed by atoms with Gasteiger partial charge in [0.15, 0.2) is 9.84 Å². The van der Waals surface area contributed by atoms with Crippen LogP contribution in [-0.4, -0.2) is 26.4 Å². The summed E-state index contributed by atoms with van der Waals surface area (Å²) in [6.07, 6.45) is -4.96. The van der Waals surface area contributed by atoms with Crippen LogP contribution in [0.2, 0.25) is 5.02 Å². The second kappa shape index (κ2) is 8.80. The van der Waals surface area contributed by atoms with Gasteiger partial charge in [-0.25, -0.2) is 8.42 Å². The maximum absolute atomic E-state index is 12.5. The molecule has 0 fully saturated rings. The normalized spacial score (nSPS) is 11.9. The fourth-order valence-electron chi connectivity index (χ4n) is 2.38. The Morgan fingerprint density at radius 3 is 2.52 bits per heavy atom. The quantitative estimate of drug-likeness (QED) is 0.559. The van der Waals surface area contributed by atoms with Crippen molar-refractivity contribution in [3.8, 4) is 5.75 Å². The number of ether oxygens (including phenoxy) is 1. The van der Waals surface area contributed by atoms with Crippen molar-refractivity contribution in [1.29, 1.82) is 0 Å². The van der Waals surface area contributed by atoms with Crippen molar-refractivity contribution in [3.63, 3.8) is 0 Å². The average Bonchev–Trinajstić information content (AvgIpc) is 2.60. The van der Waals surface area contributed by atoms with Gasteiger partial charge >= 0.3 is 6.36 Å². The van der Waals surface area contributed by atoms with Crippen molar-refractivity contribution in [1.82, 2.24) is 5.32 Å². The zero-order chi connectivity index (χ0) is 22.0. The highest BCUT2D eigenvalue weighted by Crippen LogP contribution is 2.34. The Bertz CT molecular complexity index is 1050. The molecule has 6 nitrogen and oxygen atoms in total. The second-order valence-electron chi connectivity index (χ2n) is 5.76. The number of amides is 1. The van der Waals surface area contributed by atoms with Gasteiger partial charge in [0.1, 0.15) is 5.75 Å². The third-order valence-electron chi connectivity index (χ3n) is 3.75. The number of sulfone groups is 1. The summed E-state index contributed by atoms with van der Waals surface area (Å²) in [4.78, 5) is 12.5. The Labute approximate surface area is 178 Å². The summed E-state index contributed by atoms with van der Waals surface area (Å²) in [7, 11) is -3.58. The number of alkyl halides is 3. The van der Waals surface area contributed by atoms with Gasteiger partial charge in [0, 0.05) is 17.3 Å². The van der Waals surface area contributed by atoms with E-state index >= 15 is 0 Å². The molecule has 12 heteroatoms. The fraction of sp³-hybridized carbons (Fsp3) is 0.235. The predicted molar refractivity (Wildman–Crippen MR) is 106 cm³/mol. The number of halogens is 5. The molecule has 0 heterocycles. The molecule has 1 amide bonds. The summed E-state index contributed by atoms with van der Waals surface area (Å²) >= 11 is 8.80. The number of anilines is 1. The highest BCUT2D eigenvalue weighted by molar-refractivity contribution is 9.10. The molecular weight excluding hydrogens is 501 g/mol. The van der Waals surface area contributed by atoms with Gasteiger partial charge in [0.05, 0.1) is 20.7 Å². The number of nitrogens with two attached hydrogens (primary N) is 1. The lowest BCUT2D eigenvalue weighted by Crippen LogP contribution is -2.25. The van der Waals surface area contributed by atoms with Crippen LogP contribution in [0.25, 0.3) is 0 Å². The molecule has 0 spiro atoms. The van der Waals surface area contributed by atoms with E-state index in [0.29, 0.717) is 0 Å². The molecule has 0 aromatic heterocycles. The second-order valence-corrected chi connectivity index (χ2v) is 9.29. The van der Waals surface area contributed by atoms with Gasteiger partial charge in [0.2, 0.25) is 0 Å². The molecule has 29 heavy (non-hydrogen) atoms. The smallest absolute Gasteiger partial charge is 0.405 e. The van der Waals surface area contributed by atoms with Crippen LogP contribution in [0.4, 0.5) is 18.9 Å². The molecule has 3 N–H and O–H groups in total. The SMILES string of the molecule is CCS(=O)(=O)c1ccc(Cl)cc1CNC(=O)c1cc(OC(F)(F)F)c(Br)cc1N. The van der Waals surface area contributed by atoms with Gasteiger partial charge in [-0.05, 0) is 51.8 Å². The van der Waals surface area contributed by atoms with Gasteiger partial charge in [0.25, 0.3) is 5.91 Å². The van der Waals surface area contributed by atoms with Crippen molar-refractivity contribution in [3.05, 3.63) is 51.0 Å².